The molecule has 0 aliphatic carbocycles. The lowest BCUT2D eigenvalue weighted by Crippen LogP contribution is -1.84. The van der Waals surface area contributed by atoms with Gasteiger partial charge in [0.15, 0.2) is 0 Å². The van der Waals surface area contributed by atoms with Crippen LogP contribution in [-0.4, -0.2) is 10.5 Å². The van der Waals surface area contributed by atoms with Crippen LogP contribution in [0.25, 0.3) is 0 Å². The molecule has 5 heavy (non-hydrogen) atoms. The summed E-state index contributed by atoms with van der Waals surface area (Å²) < 4.78 is 10.8. The number of rotatable bonds is 1. The van der Waals surface area contributed by atoms with E-state index in [0.29, 0.717) is 0 Å². The van der Waals surface area contributed by atoms with Crippen molar-refractivity contribution < 1.29 is 8.99 Å². The van der Waals surface area contributed by atoms with Crippen LogP contribution in [0.5, 0.6) is 0 Å². The molecule has 0 aliphatic heterocycles. The van der Waals surface area contributed by atoms with Gasteiger partial charge in [0, 0.05) is 0 Å². The summed E-state index contributed by atoms with van der Waals surface area (Å²) in [4.78, 5) is 0. The highest BCUT2D eigenvalue weighted by molar-refractivity contribution is 7.94. The van der Waals surface area contributed by atoms with E-state index in [-0.39, 0.29) is 12.1 Å². The molecule has 0 rings (SSSR count). The molecule has 0 spiro atoms. The molecule has 0 fully saturated rings. The molecule has 0 heterocycles. The summed E-state index contributed by atoms with van der Waals surface area (Å²) in [6.45, 7) is 1.37. The molecule has 0 saturated heterocycles. The number of aliphatic hydroxyl groups excluding tert-OH is 1. The fourth-order valence-corrected chi connectivity index (χ4v) is 0. The normalized spacial score (nSPS) is 15.0. The van der Waals surface area contributed by atoms with Gasteiger partial charge in [-0.3, -0.25) is 0 Å². The van der Waals surface area contributed by atoms with Crippen LogP contribution in [0, 0.1) is 0 Å². The highest BCUT2D eigenvalue weighted by Gasteiger charge is 1.87. The van der Waals surface area contributed by atoms with Gasteiger partial charge in [0.05, 0.1) is 12.1 Å². The molecule has 0 radical (unpaired) electrons. The van der Waals surface area contributed by atoms with E-state index < -0.39 is 5.44 Å². The van der Waals surface area contributed by atoms with E-state index in [1.54, 1.807) is 0 Å². The van der Waals surface area contributed by atoms with Crippen molar-refractivity contribution in [2.75, 3.05) is 0 Å². The Bertz CT molecular complexity index is 23.6. The van der Waals surface area contributed by atoms with Crippen molar-refractivity contribution in [3.05, 3.63) is 0 Å². The molecule has 0 saturated carbocycles. The van der Waals surface area contributed by atoms with Crippen molar-refractivity contribution in [3.63, 3.8) is 0 Å². The lowest BCUT2D eigenvalue weighted by atomic mass is 10.9. The SMILES string of the molecule is CC(O)SF. The Kier molecular flexibility index (Phi) is 2.59. The van der Waals surface area contributed by atoms with Gasteiger partial charge in [0.25, 0.3) is 0 Å². The van der Waals surface area contributed by atoms with Gasteiger partial charge in [-0.25, -0.2) is 0 Å². The number of halogens is 1. The molecule has 0 amide bonds. The first-order valence-corrected chi connectivity index (χ1v) is 2.01. The van der Waals surface area contributed by atoms with Gasteiger partial charge < -0.3 is 5.11 Å². The van der Waals surface area contributed by atoms with Gasteiger partial charge in [-0.1, -0.05) is 0 Å². The standard InChI is InChI=1S/C2H5FOS/c1-2(4)5-3/h2,4H,1H3. The minimum Gasteiger partial charge on any atom is -0.380 e. The van der Waals surface area contributed by atoms with Crippen molar-refractivity contribution in [1.29, 1.82) is 0 Å². The molecule has 3 heteroatoms. The van der Waals surface area contributed by atoms with Crippen LogP contribution in [-0.2, 0) is 0 Å². The number of hydrogen-bond donors (Lipinski definition) is 1. The van der Waals surface area contributed by atoms with E-state index in [2.05, 4.69) is 0 Å². The molecule has 1 N–H and O–H groups in total. The van der Waals surface area contributed by atoms with Crippen LogP contribution in [0.1, 0.15) is 6.92 Å². The zero-order valence-electron chi connectivity index (χ0n) is 2.81. The summed E-state index contributed by atoms with van der Waals surface area (Å²) in [5.41, 5.74) is -0.866. The van der Waals surface area contributed by atoms with Crippen molar-refractivity contribution in [1.82, 2.24) is 0 Å². The molecule has 0 aliphatic rings. The summed E-state index contributed by atoms with van der Waals surface area (Å²) in [7, 11) is 0. The van der Waals surface area contributed by atoms with Crippen LogP contribution in [0.3, 0.4) is 0 Å². The van der Waals surface area contributed by atoms with Gasteiger partial charge in [-0.05, 0) is 6.92 Å². The first kappa shape index (κ1) is 5.24. The van der Waals surface area contributed by atoms with Crippen molar-refractivity contribution in [2.45, 2.75) is 12.4 Å². The third-order valence-electron chi connectivity index (χ3n) is 0.129. The van der Waals surface area contributed by atoms with Crippen LogP contribution < -0.4 is 0 Å². The Labute approximate surface area is 34.5 Å². The third kappa shape index (κ3) is 4.24. The first-order chi connectivity index (χ1) is 2.27. The predicted octanol–water partition coefficient (Wildman–Crippen LogP) is 0.942. The smallest absolute Gasteiger partial charge is 0.127 e. The van der Waals surface area contributed by atoms with Crippen LogP contribution in [0.15, 0.2) is 0 Å². The summed E-state index contributed by atoms with van der Waals surface area (Å²) in [5.74, 6) is 0. The Balaban J connectivity index is 2.54. The Morgan fingerprint density at radius 1 is 2.00 bits per heavy atom. The maximum atomic E-state index is 10.8. The van der Waals surface area contributed by atoms with E-state index in [4.69, 9.17) is 5.11 Å². The van der Waals surface area contributed by atoms with Crippen molar-refractivity contribution >= 4 is 12.1 Å². The Morgan fingerprint density at radius 3 is 2.20 bits per heavy atom. The van der Waals surface area contributed by atoms with E-state index in [0.717, 1.165) is 0 Å². The minimum absolute atomic E-state index is 0.0648. The van der Waals surface area contributed by atoms with Gasteiger partial charge in [-0.15, -0.1) is 0 Å². The van der Waals surface area contributed by atoms with E-state index >= 15 is 0 Å². The zero-order chi connectivity index (χ0) is 4.28. The Hall–Kier alpha value is 0.240. The molecule has 0 aromatic heterocycles. The van der Waals surface area contributed by atoms with Gasteiger partial charge in [-0.2, -0.15) is 3.89 Å². The third-order valence-corrected chi connectivity index (χ3v) is 0.387. The maximum absolute atomic E-state index is 10.8. The van der Waals surface area contributed by atoms with Gasteiger partial charge in [0.1, 0.15) is 5.44 Å². The fourth-order valence-electron chi connectivity index (χ4n) is 0. The quantitative estimate of drug-likeness (QED) is 0.490. The Morgan fingerprint density at radius 2 is 2.20 bits per heavy atom. The van der Waals surface area contributed by atoms with Gasteiger partial charge >= 0.3 is 0 Å². The molecule has 0 bridgehead atoms. The number of hydrogen-bond acceptors (Lipinski definition) is 2. The van der Waals surface area contributed by atoms with Crippen molar-refractivity contribution in [3.8, 4) is 0 Å². The summed E-state index contributed by atoms with van der Waals surface area (Å²) >= 11 is -0.0648. The second kappa shape index (κ2) is 2.48. The minimum atomic E-state index is -0.866. The second-order valence-electron chi connectivity index (χ2n) is 0.688. The molecule has 1 unspecified atom stereocenters. The van der Waals surface area contributed by atoms with E-state index in [1.807, 2.05) is 0 Å². The topological polar surface area (TPSA) is 20.2 Å². The highest BCUT2D eigenvalue weighted by atomic mass is 32.2. The lowest BCUT2D eigenvalue weighted by molar-refractivity contribution is 0.280. The van der Waals surface area contributed by atoms with Crippen LogP contribution >= 0.6 is 12.1 Å². The summed E-state index contributed by atoms with van der Waals surface area (Å²) in [6, 6.07) is 0. The molecule has 1 nitrogen and oxygen atoms in total. The zero-order valence-corrected chi connectivity index (χ0v) is 3.63. The lowest BCUT2D eigenvalue weighted by Gasteiger charge is -1.85. The summed E-state index contributed by atoms with van der Waals surface area (Å²) in [6.07, 6.45) is 0. The van der Waals surface area contributed by atoms with Crippen LogP contribution in [0.2, 0.25) is 0 Å². The molecule has 0 aromatic rings. The average Bonchev–Trinajstić information content (AvgIpc) is 1.38. The number of aliphatic hydroxyl groups is 1. The largest absolute Gasteiger partial charge is 0.380 e. The van der Waals surface area contributed by atoms with Gasteiger partial charge in [0.2, 0.25) is 0 Å². The fraction of sp³-hybridized carbons (Fsp3) is 1.00. The molecule has 32 valence electrons. The van der Waals surface area contributed by atoms with E-state index in [1.165, 1.54) is 6.92 Å². The monoisotopic (exact) mass is 96.0 g/mol. The average molecular weight is 96.1 g/mol. The molecular weight excluding hydrogens is 91.1 g/mol. The van der Waals surface area contributed by atoms with E-state index in [9.17, 15) is 3.89 Å². The van der Waals surface area contributed by atoms with Crippen LogP contribution in [0.4, 0.5) is 3.89 Å². The maximum Gasteiger partial charge on any atom is 0.127 e. The van der Waals surface area contributed by atoms with Crippen molar-refractivity contribution in [2.24, 2.45) is 0 Å². The molecule has 0 aromatic carbocycles. The highest BCUT2D eigenvalue weighted by Crippen LogP contribution is 2.04. The first-order valence-electron chi connectivity index (χ1n) is 1.23. The molecular formula is C2H5FOS. The predicted molar refractivity (Wildman–Crippen MR) is 20.4 cm³/mol. The molecule has 1 atom stereocenters. The second-order valence-corrected chi connectivity index (χ2v) is 1.55. The summed E-state index contributed by atoms with van der Waals surface area (Å²) in [5, 5.41) is 7.95.